The third-order valence-electron chi connectivity index (χ3n) is 2.16. The maximum absolute atomic E-state index is 6.06. The van der Waals surface area contributed by atoms with E-state index in [9.17, 15) is 0 Å². The van der Waals surface area contributed by atoms with Crippen LogP contribution in [0.25, 0.3) is 0 Å². The van der Waals surface area contributed by atoms with Crippen molar-refractivity contribution >= 4 is 0 Å². The van der Waals surface area contributed by atoms with Gasteiger partial charge in [0, 0.05) is 19.1 Å². The Bertz CT molecular complexity index is 167. The molecule has 2 heteroatoms. The van der Waals surface area contributed by atoms with E-state index in [1.807, 2.05) is 6.92 Å². The third-order valence-corrected chi connectivity index (χ3v) is 2.16. The summed E-state index contributed by atoms with van der Waals surface area (Å²) in [6, 6.07) is 0.219. The SMILES string of the molecule is C=C(C)CN(C)CC(N)C(C)(C)C. The van der Waals surface area contributed by atoms with Gasteiger partial charge in [-0.1, -0.05) is 32.9 Å². The fourth-order valence-corrected chi connectivity index (χ4v) is 1.13. The lowest BCUT2D eigenvalue weighted by Crippen LogP contribution is -2.44. The minimum atomic E-state index is 0.184. The number of hydrogen-bond acceptors (Lipinski definition) is 2. The zero-order valence-electron chi connectivity index (χ0n) is 9.72. The van der Waals surface area contributed by atoms with Crippen LogP contribution in [0.4, 0.5) is 0 Å². The van der Waals surface area contributed by atoms with Crippen LogP contribution < -0.4 is 5.73 Å². The molecule has 0 radical (unpaired) electrons. The molecule has 0 aromatic heterocycles. The minimum Gasteiger partial charge on any atom is -0.326 e. The molecule has 13 heavy (non-hydrogen) atoms. The number of rotatable bonds is 4. The average Bonchev–Trinajstić information content (AvgIpc) is 1.82. The van der Waals surface area contributed by atoms with Crippen LogP contribution in [0, 0.1) is 5.41 Å². The standard InChI is InChI=1S/C11H24N2/c1-9(2)7-13(6)8-10(12)11(3,4)5/h10H,1,7-8,12H2,2-6H3. The van der Waals surface area contributed by atoms with Crippen LogP contribution in [0.2, 0.25) is 0 Å². The van der Waals surface area contributed by atoms with Crippen LogP contribution in [0.5, 0.6) is 0 Å². The van der Waals surface area contributed by atoms with Gasteiger partial charge in [-0.25, -0.2) is 0 Å². The van der Waals surface area contributed by atoms with E-state index in [4.69, 9.17) is 5.73 Å². The molecule has 78 valence electrons. The molecule has 2 nitrogen and oxygen atoms in total. The van der Waals surface area contributed by atoms with Crippen LogP contribution >= 0.6 is 0 Å². The predicted molar refractivity (Wildman–Crippen MR) is 59.7 cm³/mol. The first-order valence-corrected chi connectivity index (χ1v) is 4.82. The molecule has 0 bridgehead atoms. The van der Waals surface area contributed by atoms with Gasteiger partial charge in [-0.15, -0.1) is 0 Å². The van der Waals surface area contributed by atoms with Gasteiger partial charge in [0.25, 0.3) is 0 Å². The molecule has 0 aliphatic carbocycles. The summed E-state index contributed by atoms with van der Waals surface area (Å²) in [5.74, 6) is 0. The number of nitrogens with zero attached hydrogens (tertiary/aromatic N) is 1. The Kier molecular flexibility index (Phi) is 4.65. The molecule has 2 N–H and O–H groups in total. The monoisotopic (exact) mass is 184 g/mol. The summed E-state index contributed by atoms with van der Waals surface area (Å²) in [6.45, 7) is 14.3. The van der Waals surface area contributed by atoms with E-state index >= 15 is 0 Å². The summed E-state index contributed by atoms with van der Waals surface area (Å²) < 4.78 is 0. The molecule has 0 spiro atoms. The Labute approximate surface area is 82.8 Å². The molecule has 1 unspecified atom stereocenters. The van der Waals surface area contributed by atoms with Crippen molar-refractivity contribution in [2.75, 3.05) is 20.1 Å². The van der Waals surface area contributed by atoms with Crippen molar-refractivity contribution in [2.24, 2.45) is 11.1 Å². The molecule has 1 atom stereocenters. The third kappa shape index (κ3) is 5.83. The quantitative estimate of drug-likeness (QED) is 0.676. The van der Waals surface area contributed by atoms with Crippen molar-refractivity contribution in [1.82, 2.24) is 4.90 Å². The second kappa shape index (κ2) is 4.77. The Hall–Kier alpha value is -0.340. The summed E-state index contributed by atoms with van der Waals surface area (Å²) in [4.78, 5) is 2.22. The largest absolute Gasteiger partial charge is 0.326 e. The Morgan fingerprint density at radius 2 is 1.92 bits per heavy atom. The molecule has 0 amide bonds. The van der Waals surface area contributed by atoms with E-state index in [0.717, 1.165) is 13.1 Å². The maximum atomic E-state index is 6.06. The minimum absolute atomic E-state index is 0.184. The zero-order valence-corrected chi connectivity index (χ0v) is 9.72. The summed E-state index contributed by atoms with van der Waals surface area (Å²) in [6.07, 6.45) is 0. The lowest BCUT2D eigenvalue weighted by atomic mass is 9.87. The molecule has 0 aliphatic rings. The van der Waals surface area contributed by atoms with Gasteiger partial charge in [0.1, 0.15) is 0 Å². The van der Waals surface area contributed by atoms with Gasteiger partial charge in [-0.2, -0.15) is 0 Å². The molecule has 0 saturated heterocycles. The van der Waals surface area contributed by atoms with E-state index in [1.54, 1.807) is 0 Å². The zero-order chi connectivity index (χ0) is 10.6. The van der Waals surface area contributed by atoms with E-state index < -0.39 is 0 Å². The highest BCUT2D eigenvalue weighted by molar-refractivity contribution is 4.92. The lowest BCUT2D eigenvalue weighted by Gasteiger charge is -2.31. The Morgan fingerprint density at radius 3 is 2.23 bits per heavy atom. The van der Waals surface area contributed by atoms with Crippen molar-refractivity contribution < 1.29 is 0 Å². The predicted octanol–water partition coefficient (Wildman–Crippen LogP) is 1.87. The Morgan fingerprint density at radius 1 is 1.46 bits per heavy atom. The van der Waals surface area contributed by atoms with Crippen molar-refractivity contribution in [1.29, 1.82) is 0 Å². The lowest BCUT2D eigenvalue weighted by molar-refractivity contribution is 0.237. The van der Waals surface area contributed by atoms with Gasteiger partial charge < -0.3 is 10.6 Å². The van der Waals surface area contributed by atoms with Crippen LogP contribution in [0.1, 0.15) is 27.7 Å². The molecule has 0 aromatic carbocycles. The summed E-state index contributed by atoms with van der Waals surface area (Å²) >= 11 is 0. The molecule has 0 aliphatic heterocycles. The van der Waals surface area contributed by atoms with Crippen molar-refractivity contribution in [2.45, 2.75) is 33.7 Å². The second-order valence-electron chi connectivity index (χ2n) is 5.13. The summed E-state index contributed by atoms with van der Waals surface area (Å²) in [5, 5.41) is 0. The normalized spacial score (nSPS) is 14.7. The second-order valence-corrected chi connectivity index (χ2v) is 5.13. The first-order valence-electron chi connectivity index (χ1n) is 4.82. The van der Waals surface area contributed by atoms with Crippen LogP contribution in [-0.2, 0) is 0 Å². The fraction of sp³-hybridized carbons (Fsp3) is 0.818. The van der Waals surface area contributed by atoms with Gasteiger partial charge in [-0.3, -0.25) is 0 Å². The van der Waals surface area contributed by atoms with E-state index in [-0.39, 0.29) is 11.5 Å². The molecule has 0 fully saturated rings. The van der Waals surface area contributed by atoms with Gasteiger partial charge in [0.05, 0.1) is 0 Å². The number of likely N-dealkylation sites (N-methyl/N-ethyl adjacent to an activating group) is 1. The fourth-order valence-electron chi connectivity index (χ4n) is 1.13. The van der Waals surface area contributed by atoms with Crippen molar-refractivity contribution in [3.05, 3.63) is 12.2 Å². The highest BCUT2D eigenvalue weighted by Gasteiger charge is 2.21. The first-order chi connectivity index (χ1) is 5.73. The molecule has 0 rings (SSSR count). The molecule has 0 saturated carbocycles. The smallest absolute Gasteiger partial charge is 0.0217 e. The average molecular weight is 184 g/mol. The number of nitrogens with two attached hydrogens (primary N) is 1. The van der Waals surface area contributed by atoms with Crippen LogP contribution in [0.15, 0.2) is 12.2 Å². The highest BCUT2D eigenvalue weighted by atomic mass is 15.1. The summed E-state index contributed by atoms with van der Waals surface area (Å²) in [7, 11) is 2.08. The summed E-state index contributed by atoms with van der Waals surface area (Å²) in [5.41, 5.74) is 7.42. The van der Waals surface area contributed by atoms with Gasteiger partial charge in [0.15, 0.2) is 0 Å². The van der Waals surface area contributed by atoms with E-state index in [0.29, 0.717) is 0 Å². The maximum Gasteiger partial charge on any atom is 0.0217 e. The van der Waals surface area contributed by atoms with Gasteiger partial charge in [0.2, 0.25) is 0 Å². The van der Waals surface area contributed by atoms with Gasteiger partial charge in [-0.05, 0) is 19.4 Å². The van der Waals surface area contributed by atoms with Gasteiger partial charge >= 0.3 is 0 Å². The molecular weight excluding hydrogens is 160 g/mol. The van der Waals surface area contributed by atoms with E-state index in [1.165, 1.54) is 5.57 Å². The van der Waals surface area contributed by atoms with Crippen molar-refractivity contribution in [3.8, 4) is 0 Å². The molecular formula is C11H24N2. The van der Waals surface area contributed by atoms with Crippen LogP contribution in [0.3, 0.4) is 0 Å². The van der Waals surface area contributed by atoms with Crippen molar-refractivity contribution in [3.63, 3.8) is 0 Å². The number of hydrogen-bond donors (Lipinski definition) is 1. The topological polar surface area (TPSA) is 29.3 Å². The highest BCUT2D eigenvalue weighted by Crippen LogP contribution is 2.17. The molecule has 0 heterocycles. The van der Waals surface area contributed by atoms with E-state index in [2.05, 4.69) is 39.3 Å². The Balaban J connectivity index is 3.92. The first kappa shape index (κ1) is 12.7. The molecule has 0 aromatic rings. The van der Waals surface area contributed by atoms with Crippen LogP contribution in [-0.4, -0.2) is 31.1 Å².